The van der Waals surface area contributed by atoms with Crippen molar-refractivity contribution in [3.05, 3.63) is 30.1 Å². The number of hydrogen-bond acceptors (Lipinski definition) is 4. The van der Waals surface area contributed by atoms with E-state index in [-0.39, 0.29) is 18.9 Å². The van der Waals surface area contributed by atoms with Gasteiger partial charge >= 0.3 is 0 Å². The molecule has 0 spiro atoms. The Morgan fingerprint density at radius 1 is 1.56 bits per heavy atom. The van der Waals surface area contributed by atoms with Crippen LogP contribution in [0.1, 0.15) is 12.5 Å². The average Bonchev–Trinajstić information content (AvgIpc) is 2.26. The maximum Gasteiger partial charge on any atom is 0.224 e. The zero-order valence-electron chi connectivity index (χ0n) is 11.2. The second kappa shape index (κ2) is 6.47. The normalized spacial score (nSPS) is 14.3. The van der Waals surface area contributed by atoms with Crippen molar-refractivity contribution >= 4 is 5.91 Å². The van der Waals surface area contributed by atoms with E-state index in [9.17, 15) is 9.90 Å². The van der Waals surface area contributed by atoms with Gasteiger partial charge in [0.15, 0.2) is 0 Å². The first-order chi connectivity index (χ1) is 8.39. The van der Waals surface area contributed by atoms with Crippen molar-refractivity contribution in [1.82, 2.24) is 15.2 Å². The van der Waals surface area contributed by atoms with E-state index in [2.05, 4.69) is 10.3 Å². The van der Waals surface area contributed by atoms with Gasteiger partial charge in [0.2, 0.25) is 5.91 Å². The van der Waals surface area contributed by atoms with Gasteiger partial charge in [0.05, 0.1) is 12.0 Å². The molecule has 0 aliphatic heterocycles. The van der Waals surface area contributed by atoms with Crippen LogP contribution in [0.2, 0.25) is 0 Å². The minimum absolute atomic E-state index is 0.109. The number of aliphatic hydroxyl groups is 1. The molecule has 1 amide bonds. The van der Waals surface area contributed by atoms with Crippen LogP contribution in [0.15, 0.2) is 24.5 Å². The summed E-state index contributed by atoms with van der Waals surface area (Å²) in [5.74, 6) is -0.109. The Kier molecular flexibility index (Phi) is 5.25. The van der Waals surface area contributed by atoms with Gasteiger partial charge in [-0.15, -0.1) is 0 Å². The van der Waals surface area contributed by atoms with Crippen LogP contribution in [0.3, 0.4) is 0 Å². The molecule has 1 aromatic heterocycles. The fraction of sp³-hybridized carbons (Fsp3) is 0.538. The Bertz CT molecular complexity index is 377. The molecule has 2 N–H and O–H groups in total. The van der Waals surface area contributed by atoms with Gasteiger partial charge in [-0.2, -0.15) is 0 Å². The lowest BCUT2D eigenvalue weighted by Crippen LogP contribution is -2.47. The van der Waals surface area contributed by atoms with Gasteiger partial charge in [-0.05, 0) is 32.6 Å². The van der Waals surface area contributed by atoms with Gasteiger partial charge in [0.1, 0.15) is 0 Å². The summed E-state index contributed by atoms with van der Waals surface area (Å²) in [5.41, 5.74) is -0.0593. The molecule has 1 heterocycles. The van der Waals surface area contributed by atoms with E-state index in [0.29, 0.717) is 6.54 Å². The summed E-state index contributed by atoms with van der Waals surface area (Å²) in [7, 11) is 3.76. The molecule has 1 atom stereocenters. The molecule has 5 heteroatoms. The zero-order chi connectivity index (χ0) is 13.6. The maximum atomic E-state index is 11.7. The molecule has 100 valence electrons. The number of likely N-dealkylation sites (N-methyl/N-ethyl adjacent to an activating group) is 1. The van der Waals surface area contributed by atoms with Crippen LogP contribution in [0.5, 0.6) is 0 Å². The van der Waals surface area contributed by atoms with Gasteiger partial charge in [0, 0.05) is 25.5 Å². The highest BCUT2D eigenvalue weighted by Crippen LogP contribution is 2.03. The van der Waals surface area contributed by atoms with Crippen molar-refractivity contribution in [1.29, 1.82) is 0 Å². The number of pyridine rings is 1. The van der Waals surface area contributed by atoms with E-state index in [0.717, 1.165) is 5.56 Å². The molecule has 0 radical (unpaired) electrons. The summed E-state index contributed by atoms with van der Waals surface area (Å²) >= 11 is 0. The number of nitrogens with zero attached hydrogens (tertiary/aromatic N) is 2. The number of hydrogen-bond donors (Lipinski definition) is 2. The number of nitrogens with one attached hydrogen (secondary N) is 1. The first-order valence-electron chi connectivity index (χ1n) is 5.92. The number of rotatable bonds is 6. The van der Waals surface area contributed by atoms with Crippen LogP contribution in [-0.2, 0) is 11.2 Å². The van der Waals surface area contributed by atoms with E-state index in [1.54, 1.807) is 25.4 Å². The molecule has 1 unspecified atom stereocenters. The molecule has 0 aliphatic carbocycles. The van der Waals surface area contributed by atoms with Gasteiger partial charge in [-0.25, -0.2) is 0 Å². The van der Waals surface area contributed by atoms with E-state index in [4.69, 9.17) is 0 Å². The molecular formula is C13H21N3O2. The lowest BCUT2D eigenvalue weighted by Gasteiger charge is -2.27. The highest BCUT2D eigenvalue weighted by Gasteiger charge is 2.21. The van der Waals surface area contributed by atoms with Crippen molar-refractivity contribution in [2.24, 2.45) is 0 Å². The van der Waals surface area contributed by atoms with Crippen molar-refractivity contribution in [2.75, 3.05) is 27.2 Å². The fourth-order valence-corrected chi connectivity index (χ4v) is 1.78. The second-order valence-corrected chi connectivity index (χ2v) is 5.05. The predicted octanol–water partition coefficient (Wildman–Crippen LogP) is 0.0529. The third kappa shape index (κ3) is 5.75. The molecule has 0 aliphatic rings. The van der Waals surface area contributed by atoms with E-state index in [1.165, 1.54) is 0 Å². The zero-order valence-corrected chi connectivity index (χ0v) is 11.2. The smallest absolute Gasteiger partial charge is 0.224 e. The standard InChI is InChI=1S/C13H21N3O2/c1-13(18,10-16(2)3)9-15-12(17)7-11-5-4-6-14-8-11/h4-6,8,18H,7,9-10H2,1-3H3,(H,15,17). The molecule has 1 aromatic rings. The molecule has 0 saturated heterocycles. The Labute approximate surface area is 108 Å². The Morgan fingerprint density at radius 3 is 2.83 bits per heavy atom. The topological polar surface area (TPSA) is 65.5 Å². The molecular weight excluding hydrogens is 230 g/mol. The quantitative estimate of drug-likeness (QED) is 0.750. The van der Waals surface area contributed by atoms with Gasteiger partial charge < -0.3 is 15.3 Å². The number of carbonyl (C=O) groups excluding carboxylic acids is 1. The van der Waals surface area contributed by atoms with Crippen molar-refractivity contribution in [2.45, 2.75) is 18.9 Å². The monoisotopic (exact) mass is 251 g/mol. The van der Waals surface area contributed by atoms with Crippen molar-refractivity contribution in [3.63, 3.8) is 0 Å². The number of carbonyl (C=O) groups is 1. The largest absolute Gasteiger partial charge is 0.387 e. The first kappa shape index (κ1) is 14.6. The Morgan fingerprint density at radius 2 is 2.28 bits per heavy atom. The van der Waals surface area contributed by atoms with Crippen LogP contribution < -0.4 is 5.32 Å². The third-order valence-corrected chi connectivity index (χ3v) is 2.41. The number of aromatic nitrogens is 1. The van der Waals surface area contributed by atoms with Crippen LogP contribution >= 0.6 is 0 Å². The molecule has 18 heavy (non-hydrogen) atoms. The van der Waals surface area contributed by atoms with E-state index in [1.807, 2.05) is 25.1 Å². The third-order valence-electron chi connectivity index (χ3n) is 2.41. The molecule has 0 aromatic carbocycles. The van der Waals surface area contributed by atoms with E-state index < -0.39 is 5.60 Å². The molecule has 0 fully saturated rings. The molecule has 5 nitrogen and oxygen atoms in total. The van der Waals surface area contributed by atoms with Crippen LogP contribution in [-0.4, -0.2) is 53.7 Å². The summed E-state index contributed by atoms with van der Waals surface area (Å²) in [6.45, 7) is 2.45. The van der Waals surface area contributed by atoms with Crippen LogP contribution in [0, 0.1) is 0 Å². The Hall–Kier alpha value is -1.46. The molecule has 0 saturated carbocycles. The lowest BCUT2D eigenvalue weighted by atomic mass is 10.1. The van der Waals surface area contributed by atoms with Gasteiger partial charge in [-0.1, -0.05) is 6.07 Å². The molecule has 1 rings (SSSR count). The van der Waals surface area contributed by atoms with Crippen LogP contribution in [0.25, 0.3) is 0 Å². The summed E-state index contributed by atoms with van der Waals surface area (Å²) in [6, 6.07) is 3.65. The van der Waals surface area contributed by atoms with Crippen molar-refractivity contribution < 1.29 is 9.90 Å². The summed E-state index contributed by atoms with van der Waals surface area (Å²) in [6.07, 6.45) is 3.62. The van der Waals surface area contributed by atoms with Crippen LogP contribution in [0.4, 0.5) is 0 Å². The van der Waals surface area contributed by atoms with Crippen molar-refractivity contribution in [3.8, 4) is 0 Å². The highest BCUT2D eigenvalue weighted by atomic mass is 16.3. The maximum absolute atomic E-state index is 11.7. The minimum atomic E-state index is -0.923. The van der Waals surface area contributed by atoms with Gasteiger partial charge in [-0.3, -0.25) is 9.78 Å². The second-order valence-electron chi connectivity index (χ2n) is 5.05. The summed E-state index contributed by atoms with van der Waals surface area (Å²) in [4.78, 5) is 17.5. The first-order valence-corrected chi connectivity index (χ1v) is 5.92. The van der Waals surface area contributed by atoms with E-state index >= 15 is 0 Å². The fourth-order valence-electron chi connectivity index (χ4n) is 1.78. The predicted molar refractivity (Wildman–Crippen MR) is 70.1 cm³/mol. The number of amides is 1. The minimum Gasteiger partial charge on any atom is -0.387 e. The highest BCUT2D eigenvalue weighted by molar-refractivity contribution is 5.78. The Balaban J connectivity index is 2.37. The molecule has 0 bridgehead atoms. The lowest BCUT2D eigenvalue weighted by molar-refractivity contribution is -0.121. The average molecular weight is 251 g/mol. The summed E-state index contributed by atoms with van der Waals surface area (Å²) < 4.78 is 0. The SMILES string of the molecule is CN(C)CC(C)(O)CNC(=O)Cc1cccnc1. The summed E-state index contributed by atoms with van der Waals surface area (Å²) in [5, 5.41) is 12.8. The van der Waals surface area contributed by atoms with Gasteiger partial charge in [0.25, 0.3) is 0 Å².